The zero-order valence-corrected chi connectivity index (χ0v) is 14.9. The minimum Gasteiger partial charge on any atom is -0.486 e. The van der Waals surface area contributed by atoms with Crippen molar-refractivity contribution in [3.8, 4) is 5.75 Å². The standard InChI is InChI=1S/C18H24N2O2S/c1-4-9-20(18(21)5-2)11-15-13-23-17(19-15)12-22-16-8-6-7-14(3)10-16/h6-8,10,13H,4-5,9,11-12H2,1-3H3. The van der Waals surface area contributed by atoms with E-state index in [4.69, 9.17) is 4.74 Å². The first-order chi connectivity index (χ1) is 11.1. The number of carbonyl (C=O) groups is 1. The summed E-state index contributed by atoms with van der Waals surface area (Å²) in [6, 6.07) is 7.99. The Morgan fingerprint density at radius 2 is 2.17 bits per heavy atom. The smallest absolute Gasteiger partial charge is 0.222 e. The van der Waals surface area contributed by atoms with Crippen LogP contribution >= 0.6 is 11.3 Å². The van der Waals surface area contributed by atoms with Gasteiger partial charge in [0, 0.05) is 18.3 Å². The van der Waals surface area contributed by atoms with Gasteiger partial charge in [0.2, 0.25) is 5.91 Å². The summed E-state index contributed by atoms with van der Waals surface area (Å²) in [5.41, 5.74) is 2.11. The normalized spacial score (nSPS) is 10.6. The Morgan fingerprint density at radius 1 is 1.35 bits per heavy atom. The van der Waals surface area contributed by atoms with Crippen LogP contribution in [-0.4, -0.2) is 22.3 Å². The Kier molecular flexibility index (Phi) is 6.59. The van der Waals surface area contributed by atoms with Gasteiger partial charge >= 0.3 is 0 Å². The van der Waals surface area contributed by atoms with Crippen LogP contribution in [0.2, 0.25) is 0 Å². The van der Waals surface area contributed by atoms with Gasteiger partial charge in [0.25, 0.3) is 0 Å². The Bertz CT molecular complexity index is 639. The van der Waals surface area contributed by atoms with Gasteiger partial charge in [-0.05, 0) is 31.0 Å². The van der Waals surface area contributed by atoms with E-state index in [1.165, 1.54) is 5.56 Å². The number of aryl methyl sites for hydroxylation is 1. The van der Waals surface area contributed by atoms with Crippen molar-refractivity contribution in [1.82, 2.24) is 9.88 Å². The van der Waals surface area contributed by atoms with E-state index in [9.17, 15) is 4.79 Å². The van der Waals surface area contributed by atoms with Gasteiger partial charge in [-0.25, -0.2) is 4.98 Å². The van der Waals surface area contributed by atoms with E-state index in [0.717, 1.165) is 29.4 Å². The van der Waals surface area contributed by atoms with Crippen molar-refractivity contribution >= 4 is 17.2 Å². The average Bonchev–Trinajstić information content (AvgIpc) is 2.99. The third-order valence-electron chi connectivity index (χ3n) is 3.45. The van der Waals surface area contributed by atoms with Gasteiger partial charge in [0.15, 0.2) is 0 Å². The molecule has 4 nitrogen and oxygen atoms in total. The second-order valence-corrected chi connectivity index (χ2v) is 6.45. The van der Waals surface area contributed by atoms with Crippen molar-refractivity contribution < 1.29 is 9.53 Å². The fourth-order valence-corrected chi connectivity index (χ4v) is 3.02. The summed E-state index contributed by atoms with van der Waals surface area (Å²) in [4.78, 5) is 18.4. The number of hydrogen-bond acceptors (Lipinski definition) is 4. The topological polar surface area (TPSA) is 42.4 Å². The number of thiazole rings is 1. The lowest BCUT2D eigenvalue weighted by atomic mass is 10.2. The Morgan fingerprint density at radius 3 is 2.87 bits per heavy atom. The van der Waals surface area contributed by atoms with Gasteiger partial charge in [-0.3, -0.25) is 4.79 Å². The van der Waals surface area contributed by atoms with Crippen molar-refractivity contribution in [2.75, 3.05) is 6.54 Å². The Balaban J connectivity index is 1.93. The number of ether oxygens (including phenoxy) is 1. The number of hydrogen-bond donors (Lipinski definition) is 0. The summed E-state index contributed by atoms with van der Waals surface area (Å²) in [6.07, 6.45) is 1.49. The highest BCUT2D eigenvalue weighted by Gasteiger charge is 2.13. The second kappa shape index (κ2) is 8.67. The first-order valence-electron chi connectivity index (χ1n) is 8.02. The SMILES string of the molecule is CCCN(Cc1csc(COc2cccc(C)c2)n1)C(=O)CC. The lowest BCUT2D eigenvalue weighted by Gasteiger charge is -2.20. The van der Waals surface area contributed by atoms with E-state index in [0.29, 0.717) is 19.6 Å². The van der Waals surface area contributed by atoms with Gasteiger partial charge in [-0.2, -0.15) is 0 Å². The number of rotatable bonds is 8. The van der Waals surface area contributed by atoms with Crippen molar-refractivity contribution in [1.29, 1.82) is 0 Å². The molecule has 0 saturated carbocycles. The van der Waals surface area contributed by atoms with Crippen molar-refractivity contribution in [2.24, 2.45) is 0 Å². The molecule has 0 atom stereocenters. The lowest BCUT2D eigenvalue weighted by Crippen LogP contribution is -2.30. The van der Waals surface area contributed by atoms with Crippen molar-refractivity contribution in [2.45, 2.75) is 46.8 Å². The number of amides is 1. The maximum atomic E-state index is 11.9. The van der Waals surface area contributed by atoms with Crippen LogP contribution in [0.1, 0.15) is 43.0 Å². The summed E-state index contributed by atoms with van der Waals surface area (Å²) in [7, 11) is 0. The molecule has 0 radical (unpaired) electrons. The van der Waals surface area contributed by atoms with Gasteiger partial charge in [-0.15, -0.1) is 11.3 Å². The summed E-state index contributed by atoms with van der Waals surface area (Å²) < 4.78 is 5.77. The number of aromatic nitrogens is 1. The van der Waals surface area contributed by atoms with Crippen LogP contribution in [-0.2, 0) is 17.9 Å². The monoisotopic (exact) mass is 332 g/mol. The fraction of sp³-hybridized carbons (Fsp3) is 0.444. The van der Waals surface area contributed by atoms with E-state index in [2.05, 4.69) is 11.9 Å². The first-order valence-corrected chi connectivity index (χ1v) is 8.90. The predicted octanol–water partition coefficient (Wildman–Crippen LogP) is 4.18. The molecule has 5 heteroatoms. The second-order valence-electron chi connectivity index (χ2n) is 5.51. The predicted molar refractivity (Wildman–Crippen MR) is 93.6 cm³/mol. The van der Waals surface area contributed by atoms with Crippen LogP contribution in [0.15, 0.2) is 29.6 Å². The largest absolute Gasteiger partial charge is 0.486 e. The quantitative estimate of drug-likeness (QED) is 0.728. The van der Waals surface area contributed by atoms with Crippen LogP contribution in [0.4, 0.5) is 0 Å². The maximum absolute atomic E-state index is 11.9. The molecule has 0 aliphatic heterocycles. The summed E-state index contributed by atoms with van der Waals surface area (Å²) >= 11 is 1.58. The third kappa shape index (κ3) is 5.36. The molecule has 0 fully saturated rings. The van der Waals surface area contributed by atoms with Gasteiger partial charge in [0.05, 0.1) is 12.2 Å². The minimum atomic E-state index is 0.178. The lowest BCUT2D eigenvalue weighted by molar-refractivity contribution is -0.131. The van der Waals surface area contributed by atoms with Crippen molar-refractivity contribution in [3.05, 3.63) is 45.9 Å². The zero-order chi connectivity index (χ0) is 16.7. The molecular weight excluding hydrogens is 308 g/mol. The van der Waals surface area contributed by atoms with E-state index >= 15 is 0 Å². The van der Waals surface area contributed by atoms with Crippen LogP contribution in [0.3, 0.4) is 0 Å². The fourth-order valence-electron chi connectivity index (χ4n) is 2.32. The first kappa shape index (κ1) is 17.5. The molecule has 0 aliphatic rings. The molecule has 0 aliphatic carbocycles. The highest BCUT2D eigenvalue weighted by molar-refractivity contribution is 7.09. The van der Waals surface area contributed by atoms with E-state index in [1.807, 2.05) is 48.4 Å². The molecule has 1 amide bonds. The molecule has 2 aromatic rings. The van der Waals surface area contributed by atoms with E-state index in [1.54, 1.807) is 11.3 Å². The number of benzene rings is 1. The van der Waals surface area contributed by atoms with Crippen LogP contribution in [0, 0.1) is 6.92 Å². The summed E-state index contributed by atoms with van der Waals surface area (Å²) in [5, 5.41) is 2.95. The molecule has 23 heavy (non-hydrogen) atoms. The number of carbonyl (C=O) groups excluding carboxylic acids is 1. The highest BCUT2D eigenvalue weighted by Crippen LogP contribution is 2.17. The van der Waals surface area contributed by atoms with Gasteiger partial charge in [-0.1, -0.05) is 26.0 Å². The van der Waals surface area contributed by atoms with Crippen molar-refractivity contribution in [3.63, 3.8) is 0 Å². The molecule has 0 N–H and O–H groups in total. The summed E-state index contributed by atoms with van der Waals surface area (Å²) in [6.45, 7) is 7.84. The molecule has 0 saturated heterocycles. The zero-order valence-electron chi connectivity index (χ0n) is 14.0. The maximum Gasteiger partial charge on any atom is 0.222 e. The average molecular weight is 332 g/mol. The molecular formula is C18H24N2O2S. The minimum absolute atomic E-state index is 0.178. The Labute approximate surface area is 142 Å². The van der Waals surface area contributed by atoms with Crippen LogP contribution in [0.5, 0.6) is 5.75 Å². The van der Waals surface area contributed by atoms with Crippen LogP contribution in [0.25, 0.3) is 0 Å². The van der Waals surface area contributed by atoms with E-state index < -0.39 is 0 Å². The molecule has 1 aromatic heterocycles. The molecule has 2 rings (SSSR count). The molecule has 1 heterocycles. The Hall–Kier alpha value is -1.88. The molecule has 0 unspecified atom stereocenters. The number of nitrogens with zero attached hydrogens (tertiary/aromatic N) is 2. The molecule has 1 aromatic carbocycles. The third-order valence-corrected chi connectivity index (χ3v) is 4.32. The molecule has 124 valence electrons. The van der Waals surface area contributed by atoms with Gasteiger partial charge in [0.1, 0.15) is 17.4 Å². The van der Waals surface area contributed by atoms with E-state index in [-0.39, 0.29) is 5.91 Å². The molecule has 0 bridgehead atoms. The highest BCUT2D eigenvalue weighted by atomic mass is 32.1. The van der Waals surface area contributed by atoms with Gasteiger partial charge < -0.3 is 9.64 Å². The van der Waals surface area contributed by atoms with Crippen LogP contribution < -0.4 is 4.74 Å². The molecule has 0 spiro atoms. The summed E-state index contributed by atoms with van der Waals surface area (Å²) in [5.74, 6) is 1.04.